The smallest absolute Gasteiger partial charge is 0.244 e. The van der Waals surface area contributed by atoms with Crippen molar-refractivity contribution in [2.75, 3.05) is 23.7 Å². The van der Waals surface area contributed by atoms with Crippen molar-refractivity contribution >= 4 is 27.5 Å². The molecular weight excluding hydrogens is 486 g/mol. The first-order valence-electron chi connectivity index (χ1n) is 12.4. The van der Waals surface area contributed by atoms with Crippen LogP contribution >= 0.6 is 0 Å². The van der Waals surface area contributed by atoms with Crippen LogP contribution in [0.25, 0.3) is 0 Å². The van der Waals surface area contributed by atoms with Crippen LogP contribution in [0.5, 0.6) is 0 Å². The van der Waals surface area contributed by atoms with Gasteiger partial charge in [0.05, 0.1) is 11.9 Å². The molecule has 0 saturated carbocycles. The lowest BCUT2D eigenvalue weighted by atomic mass is 10.0. The standard InChI is InChI=1S/C29H35N3O4S/c1-4-19-30-29(34)27(20-24-11-7-5-8-12-24)31(21-25-13-9-6-10-14-25)28(33)22-32(37(3,35)36)26-17-15-23(2)16-18-26/h5-18,27H,4,19-22H2,1-3H3,(H,30,34)/t27-/m0/s1. The van der Waals surface area contributed by atoms with E-state index in [2.05, 4.69) is 5.32 Å². The van der Waals surface area contributed by atoms with Crippen molar-refractivity contribution in [1.82, 2.24) is 10.2 Å². The van der Waals surface area contributed by atoms with Crippen LogP contribution in [0, 0.1) is 6.92 Å². The summed E-state index contributed by atoms with van der Waals surface area (Å²) in [4.78, 5) is 28.8. The second-order valence-electron chi connectivity index (χ2n) is 9.11. The lowest BCUT2D eigenvalue weighted by Crippen LogP contribution is -2.53. The maximum absolute atomic E-state index is 13.9. The van der Waals surface area contributed by atoms with Gasteiger partial charge >= 0.3 is 0 Å². The fourth-order valence-corrected chi connectivity index (χ4v) is 4.87. The van der Waals surface area contributed by atoms with Gasteiger partial charge in [-0.3, -0.25) is 13.9 Å². The van der Waals surface area contributed by atoms with Gasteiger partial charge in [0.15, 0.2) is 0 Å². The molecule has 0 fully saturated rings. The number of rotatable bonds is 12. The number of anilines is 1. The first-order chi connectivity index (χ1) is 17.7. The van der Waals surface area contributed by atoms with Crippen molar-refractivity contribution in [2.45, 2.75) is 39.3 Å². The van der Waals surface area contributed by atoms with E-state index in [1.165, 1.54) is 4.90 Å². The van der Waals surface area contributed by atoms with Crippen LogP contribution < -0.4 is 9.62 Å². The van der Waals surface area contributed by atoms with E-state index < -0.39 is 28.5 Å². The molecule has 0 unspecified atom stereocenters. The molecule has 3 rings (SSSR count). The Kier molecular flexibility index (Phi) is 9.85. The number of amides is 2. The Hall–Kier alpha value is -3.65. The van der Waals surface area contributed by atoms with Gasteiger partial charge in [-0.2, -0.15) is 0 Å². The third kappa shape index (κ3) is 8.18. The van der Waals surface area contributed by atoms with Crippen LogP contribution in [0.1, 0.15) is 30.0 Å². The second kappa shape index (κ2) is 13.1. The minimum absolute atomic E-state index is 0.169. The highest BCUT2D eigenvalue weighted by atomic mass is 32.2. The Morgan fingerprint density at radius 2 is 1.43 bits per heavy atom. The van der Waals surface area contributed by atoms with Crippen molar-refractivity contribution in [3.63, 3.8) is 0 Å². The normalized spacial score (nSPS) is 12.0. The Morgan fingerprint density at radius 3 is 1.97 bits per heavy atom. The van der Waals surface area contributed by atoms with Gasteiger partial charge in [-0.25, -0.2) is 8.42 Å². The molecule has 1 N–H and O–H groups in total. The quantitative estimate of drug-likeness (QED) is 0.391. The van der Waals surface area contributed by atoms with E-state index in [9.17, 15) is 18.0 Å². The van der Waals surface area contributed by atoms with Crippen molar-refractivity contribution in [3.8, 4) is 0 Å². The number of nitrogens with zero attached hydrogens (tertiary/aromatic N) is 2. The zero-order valence-corrected chi connectivity index (χ0v) is 22.4. The molecule has 3 aromatic rings. The third-order valence-electron chi connectivity index (χ3n) is 6.02. The number of hydrogen-bond donors (Lipinski definition) is 1. The first-order valence-corrected chi connectivity index (χ1v) is 14.2. The van der Waals surface area contributed by atoms with Gasteiger partial charge < -0.3 is 10.2 Å². The summed E-state index contributed by atoms with van der Waals surface area (Å²) < 4.78 is 26.6. The molecule has 0 aromatic heterocycles. The van der Waals surface area contributed by atoms with Crippen molar-refractivity contribution in [2.24, 2.45) is 0 Å². The Balaban J connectivity index is 2.01. The van der Waals surface area contributed by atoms with Crippen LogP contribution in [0.4, 0.5) is 5.69 Å². The molecule has 0 aliphatic heterocycles. The monoisotopic (exact) mass is 521 g/mol. The second-order valence-corrected chi connectivity index (χ2v) is 11.0. The Morgan fingerprint density at radius 1 is 0.865 bits per heavy atom. The number of sulfonamides is 1. The average Bonchev–Trinajstić information content (AvgIpc) is 2.89. The van der Waals surface area contributed by atoms with E-state index in [1.54, 1.807) is 24.3 Å². The minimum Gasteiger partial charge on any atom is -0.354 e. The summed E-state index contributed by atoms with van der Waals surface area (Å²) in [6.07, 6.45) is 2.14. The van der Waals surface area contributed by atoms with Crippen LogP contribution in [0.2, 0.25) is 0 Å². The first kappa shape index (κ1) is 27.9. The number of benzene rings is 3. The molecule has 2 amide bonds. The van der Waals surface area contributed by atoms with E-state index in [1.807, 2.05) is 74.5 Å². The van der Waals surface area contributed by atoms with E-state index in [0.717, 1.165) is 33.7 Å². The topological polar surface area (TPSA) is 86.8 Å². The summed E-state index contributed by atoms with van der Waals surface area (Å²) in [5, 5.41) is 2.93. The summed E-state index contributed by atoms with van der Waals surface area (Å²) in [6, 6.07) is 25.1. The molecule has 8 heteroatoms. The van der Waals surface area contributed by atoms with Gasteiger partial charge in [0.25, 0.3) is 0 Å². The van der Waals surface area contributed by atoms with Gasteiger partial charge in [0, 0.05) is 19.5 Å². The summed E-state index contributed by atoms with van der Waals surface area (Å²) in [5.41, 5.74) is 3.13. The van der Waals surface area contributed by atoms with Gasteiger partial charge in [-0.1, -0.05) is 85.3 Å². The lowest BCUT2D eigenvalue weighted by Gasteiger charge is -2.33. The molecule has 0 bridgehead atoms. The summed E-state index contributed by atoms with van der Waals surface area (Å²) in [7, 11) is -3.77. The molecule has 0 aliphatic carbocycles. The maximum atomic E-state index is 13.9. The van der Waals surface area contributed by atoms with Crippen molar-refractivity contribution < 1.29 is 18.0 Å². The highest BCUT2D eigenvalue weighted by molar-refractivity contribution is 7.92. The van der Waals surface area contributed by atoms with Gasteiger partial charge in [0.1, 0.15) is 12.6 Å². The third-order valence-corrected chi connectivity index (χ3v) is 7.16. The van der Waals surface area contributed by atoms with E-state index >= 15 is 0 Å². The Labute approximate surface area is 220 Å². The predicted octanol–water partition coefficient (Wildman–Crippen LogP) is 3.93. The lowest BCUT2D eigenvalue weighted by molar-refractivity contribution is -0.140. The van der Waals surface area contributed by atoms with Crippen LogP contribution in [0.15, 0.2) is 84.9 Å². The van der Waals surface area contributed by atoms with Crippen LogP contribution in [-0.2, 0) is 32.6 Å². The van der Waals surface area contributed by atoms with Crippen LogP contribution in [0.3, 0.4) is 0 Å². The number of nitrogens with one attached hydrogen (secondary N) is 1. The number of hydrogen-bond acceptors (Lipinski definition) is 4. The van der Waals surface area contributed by atoms with Gasteiger partial charge in [-0.15, -0.1) is 0 Å². The zero-order chi connectivity index (χ0) is 26.8. The summed E-state index contributed by atoms with van der Waals surface area (Å²) >= 11 is 0. The zero-order valence-electron chi connectivity index (χ0n) is 21.6. The van der Waals surface area contributed by atoms with Crippen molar-refractivity contribution in [1.29, 1.82) is 0 Å². The molecule has 0 spiro atoms. The van der Waals surface area contributed by atoms with E-state index in [4.69, 9.17) is 0 Å². The average molecular weight is 522 g/mol. The molecule has 0 saturated heterocycles. The minimum atomic E-state index is -3.77. The summed E-state index contributed by atoms with van der Waals surface area (Å²) in [6.45, 7) is 4.11. The fraction of sp³-hybridized carbons (Fsp3) is 0.310. The van der Waals surface area contributed by atoms with E-state index in [-0.39, 0.29) is 12.5 Å². The SMILES string of the molecule is CCCNC(=O)[C@H](Cc1ccccc1)N(Cc1ccccc1)C(=O)CN(c1ccc(C)cc1)S(C)(=O)=O. The largest absolute Gasteiger partial charge is 0.354 e. The predicted molar refractivity (Wildman–Crippen MR) is 148 cm³/mol. The fourth-order valence-electron chi connectivity index (χ4n) is 4.02. The highest BCUT2D eigenvalue weighted by Gasteiger charge is 2.32. The van der Waals surface area contributed by atoms with Crippen LogP contribution in [-0.4, -0.2) is 50.5 Å². The van der Waals surface area contributed by atoms with Crippen molar-refractivity contribution in [3.05, 3.63) is 102 Å². The molecule has 37 heavy (non-hydrogen) atoms. The molecule has 0 heterocycles. The number of carbonyl (C=O) groups excluding carboxylic acids is 2. The number of aryl methyl sites for hydroxylation is 1. The summed E-state index contributed by atoms with van der Waals surface area (Å²) in [5.74, 6) is -0.723. The molecule has 7 nitrogen and oxygen atoms in total. The highest BCUT2D eigenvalue weighted by Crippen LogP contribution is 2.21. The maximum Gasteiger partial charge on any atom is 0.244 e. The molecule has 0 aliphatic rings. The molecule has 1 atom stereocenters. The van der Waals surface area contributed by atoms with Gasteiger partial charge in [-0.05, 0) is 36.6 Å². The molecule has 3 aromatic carbocycles. The molecular formula is C29H35N3O4S. The van der Waals surface area contributed by atoms with E-state index in [0.29, 0.717) is 18.7 Å². The number of carbonyl (C=O) groups is 2. The van der Waals surface area contributed by atoms with Gasteiger partial charge in [0.2, 0.25) is 21.8 Å². The molecule has 0 radical (unpaired) electrons. The molecule has 196 valence electrons. The Bertz CT molecular complexity index is 1260.